The maximum absolute atomic E-state index is 12.4. The summed E-state index contributed by atoms with van der Waals surface area (Å²) in [5, 5.41) is 19.1. The van der Waals surface area contributed by atoms with Crippen molar-refractivity contribution < 1.29 is 15.0 Å². The lowest BCUT2D eigenvalue weighted by molar-refractivity contribution is -0.129. The number of aryl methyl sites for hydroxylation is 2. The van der Waals surface area contributed by atoms with Crippen molar-refractivity contribution in [3.05, 3.63) is 29.3 Å². The zero-order valence-corrected chi connectivity index (χ0v) is 14.9. The number of rotatable bonds is 5. The number of aliphatic hydroxyl groups is 1. The van der Waals surface area contributed by atoms with Crippen LogP contribution < -0.4 is 0 Å². The molecule has 0 aliphatic heterocycles. The van der Waals surface area contributed by atoms with Crippen LogP contribution in [0.1, 0.15) is 56.6 Å². The summed E-state index contributed by atoms with van der Waals surface area (Å²) in [4.78, 5) is 12.4. The van der Waals surface area contributed by atoms with E-state index in [0.29, 0.717) is 42.1 Å². The van der Waals surface area contributed by atoms with Crippen molar-refractivity contribution in [2.45, 2.75) is 58.8 Å². The maximum atomic E-state index is 12.4. The number of carbonyl (C=O) groups excluding carboxylic acids is 1. The Kier molecular flexibility index (Phi) is 5.00. The lowest BCUT2D eigenvalue weighted by Crippen LogP contribution is -2.41. The van der Waals surface area contributed by atoms with E-state index in [4.69, 9.17) is 0 Å². The summed E-state index contributed by atoms with van der Waals surface area (Å²) in [6.45, 7) is 4.60. The number of Topliss-reactive ketones (excluding diaryl/α,β-unsaturated/α-hetero) is 1. The average molecular weight is 330 g/mol. The first kappa shape index (κ1) is 17.5. The number of benzene rings is 1. The molecule has 2 N–H and O–H groups in total. The fourth-order valence-corrected chi connectivity index (χ4v) is 5.53. The second-order valence-corrected chi connectivity index (χ2v) is 8.23. The van der Waals surface area contributed by atoms with Crippen LogP contribution in [0.25, 0.3) is 0 Å². The Morgan fingerprint density at radius 1 is 1.25 bits per heavy atom. The van der Waals surface area contributed by atoms with E-state index in [0.717, 1.165) is 25.7 Å². The summed E-state index contributed by atoms with van der Waals surface area (Å²) in [6, 6.07) is 5.56. The minimum absolute atomic E-state index is 0.0800. The molecule has 24 heavy (non-hydrogen) atoms. The molecule has 4 unspecified atom stereocenters. The summed E-state index contributed by atoms with van der Waals surface area (Å²) >= 11 is 0. The van der Waals surface area contributed by atoms with E-state index in [1.165, 1.54) is 17.5 Å². The smallest absolute Gasteiger partial charge is 0.133 e. The minimum Gasteiger partial charge on any atom is -0.508 e. The van der Waals surface area contributed by atoms with Gasteiger partial charge in [0.15, 0.2) is 0 Å². The molecule has 1 aromatic carbocycles. The van der Waals surface area contributed by atoms with Crippen LogP contribution in [0.3, 0.4) is 0 Å². The van der Waals surface area contributed by atoms with Gasteiger partial charge in [0.1, 0.15) is 11.5 Å². The largest absolute Gasteiger partial charge is 0.508 e. The summed E-state index contributed by atoms with van der Waals surface area (Å²) in [6.07, 6.45) is 6.53. The minimum atomic E-state index is 0.0800. The van der Waals surface area contributed by atoms with E-state index >= 15 is 0 Å². The van der Waals surface area contributed by atoms with Gasteiger partial charge in [-0.05, 0) is 85.5 Å². The van der Waals surface area contributed by atoms with Gasteiger partial charge in [0.25, 0.3) is 0 Å². The van der Waals surface area contributed by atoms with Crippen LogP contribution in [-0.2, 0) is 11.2 Å². The van der Waals surface area contributed by atoms with Crippen LogP contribution in [-0.4, -0.2) is 22.6 Å². The highest BCUT2D eigenvalue weighted by molar-refractivity contribution is 5.80. The van der Waals surface area contributed by atoms with Gasteiger partial charge in [-0.3, -0.25) is 4.79 Å². The molecule has 0 amide bonds. The second kappa shape index (κ2) is 6.87. The molecule has 0 aromatic heterocycles. The first-order valence-electron chi connectivity index (χ1n) is 9.35. The van der Waals surface area contributed by atoms with E-state index in [9.17, 15) is 15.0 Å². The van der Waals surface area contributed by atoms with E-state index in [2.05, 4.69) is 13.8 Å². The van der Waals surface area contributed by atoms with Gasteiger partial charge in [-0.25, -0.2) is 0 Å². The van der Waals surface area contributed by atoms with Gasteiger partial charge < -0.3 is 10.2 Å². The molecule has 2 saturated carbocycles. The van der Waals surface area contributed by atoms with Gasteiger partial charge in [0.2, 0.25) is 0 Å². The normalized spacial score (nSPS) is 32.8. The number of hydrogen-bond donors (Lipinski definition) is 2. The quantitative estimate of drug-likeness (QED) is 0.857. The fraction of sp³-hybridized carbons (Fsp3) is 0.667. The fourth-order valence-electron chi connectivity index (χ4n) is 5.53. The van der Waals surface area contributed by atoms with Crippen LogP contribution in [0.15, 0.2) is 18.2 Å². The Bertz CT molecular complexity index is 609. The number of carbonyl (C=O) groups is 1. The highest BCUT2D eigenvalue weighted by Crippen LogP contribution is 2.58. The monoisotopic (exact) mass is 330 g/mol. The van der Waals surface area contributed by atoms with E-state index in [1.54, 1.807) is 6.07 Å². The lowest BCUT2D eigenvalue weighted by Gasteiger charge is -2.44. The molecule has 0 bridgehead atoms. The van der Waals surface area contributed by atoms with Crippen molar-refractivity contribution in [1.29, 1.82) is 0 Å². The van der Waals surface area contributed by atoms with Crippen LogP contribution in [0, 0.1) is 30.1 Å². The Labute approximate surface area is 145 Å². The molecule has 0 heterocycles. The number of ketones is 1. The molecule has 2 aliphatic rings. The first-order valence-corrected chi connectivity index (χ1v) is 9.35. The molecule has 0 radical (unpaired) electrons. The van der Waals surface area contributed by atoms with Gasteiger partial charge in [-0.15, -0.1) is 0 Å². The van der Waals surface area contributed by atoms with Gasteiger partial charge in [-0.2, -0.15) is 0 Å². The molecule has 2 fully saturated rings. The summed E-state index contributed by atoms with van der Waals surface area (Å²) < 4.78 is 0. The Morgan fingerprint density at radius 3 is 2.79 bits per heavy atom. The predicted octanol–water partition coefficient (Wildman–Crippen LogP) is 4.03. The third kappa shape index (κ3) is 3.23. The molecule has 0 spiro atoms. The Hall–Kier alpha value is -1.35. The average Bonchev–Trinajstić information content (AvgIpc) is 2.85. The molecule has 2 aliphatic carbocycles. The number of aliphatic hydroxyl groups excluding tert-OH is 1. The highest BCUT2D eigenvalue weighted by Gasteiger charge is 2.52. The first-order chi connectivity index (χ1) is 11.4. The number of aromatic hydroxyl groups is 1. The topological polar surface area (TPSA) is 57.5 Å². The van der Waals surface area contributed by atoms with Crippen molar-refractivity contribution in [2.24, 2.45) is 23.2 Å². The molecule has 3 rings (SSSR count). The van der Waals surface area contributed by atoms with Crippen LogP contribution in [0.2, 0.25) is 0 Å². The highest BCUT2D eigenvalue weighted by atomic mass is 16.3. The van der Waals surface area contributed by atoms with Gasteiger partial charge in [-0.1, -0.05) is 13.0 Å². The zero-order chi connectivity index (χ0) is 17.3. The Morgan fingerprint density at radius 2 is 2.04 bits per heavy atom. The van der Waals surface area contributed by atoms with Gasteiger partial charge in [0.05, 0.1) is 0 Å². The van der Waals surface area contributed by atoms with E-state index < -0.39 is 0 Å². The van der Waals surface area contributed by atoms with Crippen molar-refractivity contribution in [3.63, 3.8) is 0 Å². The maximum Gasteiger partial charge on any atom is 0.133 e. The summed E-state index contributed by atoms with van der Waals surface area (Å²) in [7, 11) is 0. The summed E-state index contributed by atoms with van der Waals surface area (Å²) in [5.41, 5.74) is 2.48. The second-order valence-electron chi connectivity index (χ2n) is 8.23. The standard InChI is InChI=1S/C21H30O3/c1-14-3-7-18(23)11-15(14)4-5-16-12-19(24)13-21(2)17(9-10-22)6-8-20(16)21/h3,7,11,16-17,20,22-23H,4-6,8-10,12-13H2,1-2H3. The van der Waals surface area contributed by atoms with Crippen molar-refractivity contribution >= 4 is 5.78 Å². The molecule has 3 heteroatoms. The van der Waals surface area contributed by atoms with Crippen molar-refractivity contribution in [1.82, 2.24) is 0 Å². The third-order valence-electron chi connectivity index (χ3n) is 6.84. The predicted molar refractivity (Wildman–Crippen MR) is 94.9 cm³/mol. The lowest BCUT2D eigenvalue weighted by atomic mass is 9.59. The number of phenols is 1. The van der Waals surface area contributed by atoms with Crippen LogP contribution >= 0.6 is 0 Å². The van der Waals surface area contributed by atoms with Crippen LogP contribution in [0.4, 0.5) is 0 Å². The van der Waals surface area contributed by atoms with E-state index in [-0.39, 0.29) is 12.0 Å². The van der Waals surface area contributed by atoms with E-state index in [1.807, 2.05) is 12.1 Å². The molecule has 3 nitrogen and oxygen atoms in total. The van der Waals surface area contributed by atoms with Crippen LogP contribution in [0.5, 0.6) is 5.75 Å². The van der Waals surface area contributed by atoms with Crippen molar-refractivity contribution in [3.8, 4) is 5.75 Å². The number of hydrogen-bond acceptors (Lipinski definition) is 3. The molecule has 4 atom stereocenters. The number of fused-ring (bicyclic) bond motifs is 1. The zero-order valence-electron chi connectivity index (χ0n) is 14.9. The number of phenolic OH excluding ortho intramolecular Hbond substituents is 1. The van der Waals surface area contributed by atoms with Gasteiger partial charge in [0, 0.05) is 19.4 Å². The molecule has 1 aromatic rings. The Balaban J connectivity index is 1.73. The molecule has 0 saturated heterocycles. The molecule has 132 valence electrons. The molecular formula is C21H30O3. The SMILES string of the molecule is Cc1ccc(O)cc1CCC1CC(=O)CC2(C)C(CCO)CCC12. The third-order valence-corrected chi connectivity index (χ3v) is 6.84. The molecular weight excluding hydrogens is 300 g/mol. The summed E-state index contributed by atoms with van der Waals surface area (Å²) in [5.74, 6) is 2.26. The van der Waals surface area contributed by atoms with Gasteiger partial charge >= 0.3 is 0 Å². The van der Waals surface area contributed by atoms with Crippen molar-refractivity contribution in [2.75, 3.05) is 6.61 Å².